The number of likely N-dealkylation sites (tertiary alicyclic amines) is 1. The van der Waals surface area contributed by atoms with Crippen molar-refractivity contribution in [1.29, 1.82) is 0 Å². The molecule has 0 bridgehead atoms. The SMILES string of the molecule is Cc1ccc(S(=O)(=O)C23CCCC[C@@H]2CC(=O)N(CCc2c[nH]c4ccccc24)C3=O)cc1. The molecule has 1 saturated heterocycles. The molecule has 6 nitrogen and oxygen atoms in total. The third kappa shape index (κ3) is 3.41. The lowest BCUT2D eigenvalue weighted by Crippen LogP contribution is -2.65. The molecule has 1 N–H and O–H groups in total. The van der Waals surface area contributed by atoms with Gasteiger partial charge in [0.25, 0.3) is 5.91 Å². The van der Waals surface area contributed by atoms with Crippen LogP contribution in [-0.4, -0.2) is 41.4 Å². The number of fused-ring (bicyclic) bond motifs is 2. The molecule has 1 aromatic heterocycles. The maximum atomic E-state index is 14.0. The van der Waals surface area contributed by atoms with Crippen LogP contribution < -0.4 is 0 Å². The summed E-state index contributed by atoms with van der Waals surface area (Å²) in [5.41, 5.74) is 2.96. The third-order valence-electron chi connectivity index (χ3n) is 7.43. The van der Waals surface area contributed by atoms with E-state index in [2.05, 4.69) is 4.98 Å². The standard InChI is InChI=1S/C26H28N2O4S/c1-18-9-11-21(12-10-18)33(31,32)26-14-5-4-6-20(26)16-24(29)28(25(26)30)15-13-19-17-27-23-8-3-2-7-22(19)23/h2-3,7-12,17,20,27H,4-6,13-16H2,1H3/t20-,26?/m1/s1. The average molecular weight is 465 g/mol. The van der Waals surface area contributed by atoms with Gasteiger partial charge in [0.15, 0.2) is 14.6 Å². The molecule has 2 amide bonds. The Morgan fingerprint density at radius 3 is 2.61 bits per heavy atom. The number of amides is 2. The summed E-state index contributed by atoms with van der Waals surface area (Å²) in [5, 5.41) is 1.05. The van der Waals surface area contributed by atoms with E-state index in [1.165, 1.54) is 4.90 Å². The number of hydrogen-bond acceptors (Lipinski definition) is 4. The zero-order valence-corrected chi connectivity index (χ0v) is 19.5. The largest absolute Gasteiger partial charge is 0.361 e. The van der Waals surface area contributed by atoms with Gasteiger partial charge in [-0.15, -0.1) is 0 Å². The first kappa shape index (κ1) is 21.9. The molecular weight excluding hydrogens is 436 g/mol. The quantitative estimate of drug-likeness (QED) is 0.574. The van der Waals surface area contributed by atoms with E-state index in [-0.39, 0.29) is 30.2 Å². The Labute approximate surface area is 193 Å². The highest BCUT2D eigenvalue weighted by molar-refractivity contribution is 7.93. The van der Waals surface area contributed by atoms with E-state index in [0.29, 0.717) is 19.3 Å². The molecule has 5 rings (SSSR count). The fraction of sp³-hybridized carbons (Fsp3) is 0.385. The second-order valence-electron chi connectivity index (χ2n) is 9.31. The smallest absolute Gasteiger partial charge is 0.251 e. The van der Waals surface area contributed by atoms with Crippen LogP contribution in [0.3, 0.4) is 0 Å². The Kier molecular flexibility index (Phi) is 5.40. The second-order valence-corrected chi connectivity index (χ2v) is 11.5. The zero-order chi connectivity index (χ0) is 23.2. The van der Waals surface area contributed by atoms with Gasteiger partial charge in [-0.05, 0) is 55.9 Å². The predicted molar refractivity (Wildman–Crippen MR) is 126 cm³/mol. The molecule has 2 heterocycles. The predicted octanol–water partition coefficient (Wildman–Crippen LogP) is 4.18. The third-order valence-corrected chi connectivity index (χ3v) is 9.99. The maximum absolute atomic E-state index is 14.0. The summed E-state index contributed by atoms with van der Waals surface area (Å²) < 4.78 is 26.4. The van der Waals surface area contributed by atoms with Crippen molar-refractivity contribution < 1.29 is 18.0 Å². The molecule has 7 heteroatoms. The van der Waals surface area contributed by atoms with Gasteiger partial charge in [-0.3, -0.25) is 14.5 Å². The highest BCUT2D eigenvalue weighted by atomic mass is 32.2. The van der Waals surface area contributed by atoms with Crippen LogP contribution in [0.2, 0.25) is 0 Å². The minimum Gasteiger partial charge on any atom is -0.361 e. The van der Waals surface area contributed by atoms with Crippen LogP contribution in [0.5, 0.6) is 0 Å². The fourth-order valence-corrected chi connectivity index (χ4v) is 7.93. The molecule has 172 valence electrons. The lowest BCUT2D eigenvalue weighted by Gasteiger charge is -2.47. The molecule has 1 unspecified atom stereocenters. The first-order valence-corrected chi connectivity index (χ1v) is 13.0. The zero-order valence-electron chi connectivity index (χ0n) is 18.7. The first-order valence-electron chi connectivity index (χ1n) is 11.6. The average Bonchev–Trinajstić information content (AvgIpc) is 3.22. The van der Waals surface area contributed by atoms with Crippen molar-refractivity contribution in [2.45, 2.75) is 55.1 Å². The summed E-state index contributed by atoms with van der Waals surface area (Å²) in [4.78, 5) is 31.6. The summed E-state index contributed by atoms with van der Waals surface area (Å²) in [6.07, 6.45) is 4.83. The van der Waals surface area contributed by atoms with E-state index in [9.17, 15) is 18.0 Å². The van der Waals surface area contributed by atoms with Gasteiger partial charge in [-0.1, -0.05) is 48.7 Å². The van der Waals surface area contributed by atoms with Gasteiger partial charge in [0.2, 0.25) is 5.91 Å². The number of aromatic amines is 1. The number of carbonyl (C=O) groups excluding carboxylic acids is 2. The lowest BCUT2D eigenvalue weighted by molar-refractivity contribution is -0.154. The molecule has 0 radical (unpaired) electrons. The molecule has 2 aromatic carbocycles. The molecule has 3 aromatic rings. The van der Waals surface area contributed by atoms with Gasteiger partial charge >= 0.3 is 0 Å². The molecule has 33 heavy (non-hydrogen) atoms. The Bertz CT molecular complexity index is 1330. The van der Waals surface area contributed by atoms with Crippen LogP contribution in [0.4, 0.5) is 0 Å². The van der Waals surface area contributed by atoms with E-state index in [0.717, 1.165) is 28.5 Å². The van der Waals surface area contributed by atoms with Gasteiger partial charge in [-0.25, -0.2) is 8.42 Å². The number of sulfone groups is 1. The number of benzene rings is 2. The van der Waals surface area contributed by atoms with Gasteiger partial charge in [0, 0.05) is 30.1 Å². The van der Waals surface area contributed by atoms with Crippen LogP contribution in [0, 0.1) is 12.8 Å². The van der Waals surface area contributed by atoms with Crippen molar-refractivity contribution in [3.63, 3.8) is 0 Å². The van der Waals surface area contributed by atoms with Crippen molar-refractivity contribution in [2.75, 3.05) is 6.54 Å². The van der Waals surface area contributed by atoms with E-state index >= 15 is 0 Å². The van der Waals surface area contributed by atoms with Crippen LogP contribution in [0.1, 0.15) is 43.2 Å². The number of piperidine rings is 1. The number of imide groups is 1. The van der Waals surface area contributed by atoms with Crippen LogP contribution >= 0.6 is 0 Å². The molecule has 2 aliphatic rings. The summed E-state index contributed by atoms with van der Waals surface area (Å²) in [5.74, 6) is -1.27. The van der Waals surface area contributed by atoms with Crippen molar-refractivity contribution in [1.82, 2.24) is 9.88 Å². The Balaban J connectivity index is 1.50. The van der Waals surface area contributed by atoms with Crippen LogP contribution in [0.25, 0.3) is 10.9 Å². The van der Waals surface area contributed by atoms with E-state index in [4.69, 9.17) is 0 Å². The number of hydrogen-bond donors (Lipinski definition) is 1. The molecule has 0 spiro atoms. The number of nitrogens with zero attached hydrogens (tertiary/aromatic N) is 1. The van der Waals surface area contributed by atoms with Crippen molar-refractivity contribution in [3.8, 4) is 0 Å². The van der Waals surface area contributed by atoms with E-state index < -0.39 is 26.4 Å². The van der Waals surface area contributed by atoms with Gasteiger partial charge in [0.05, 0.1) is 4.90 Å². The molecule has 2 fully saturated rings. The lowest BCUT2D eigenvalue weighted by atomic mass is 9.73. The number of carbonyl (C=O) groups is 2. The number of aryl methyl sites for hydroxylation is 1. The van der Waals surface area contributed by atoms with Crippen LogP contribution in [-0.2, 0) is 25.8 Å². The van der Waals surface area contributed by atoms with Crippen molar-refractivity contribution >= 4 is 32.6 Å². The van der Waals surface area contributed by atoms with Crippen molar-refractivity contribution in [2.24, 2.45) is 5.92 Å². The normalized spacial score (nSPS) is 23.7. The van der Waals surface area contributed by atoms with Gasteiger partial charge in [0.1, 0.15) is 0 Å². The Morgan fingerprint density at radius 1 is 1.06 bits per heavy atom. The van der Waals surface area contributed by atoms with E-state index in [1.807, 2.05) is 37.4 Å². The van der Waals surface area contributed by atoms with Crippen LogP contribution in [0.15, 0.2) is 59.6 Å². The van der Waals surface area contributed by atoms with Gasteiger partial charge in [-0.2, -0.15) is 0 Å². The molecular formula is C26H28N2O4S. The van der Waals surface area contributed by atoms with Gasteiger partial charge < -0.3 is 4.98 Å². The number of nitrogens with one attached hydrogen (secondary N) is 1. The molecule has 2 atom stereocenters. The number of aromatic nitrogens is 1. The number of rotatable bonds is 5. The summed E-state index contributed by atoms with van der Waals surface area (Å²) in [6.45, 7) is 2.08. The topological polar surface area (TPSA) is 87.3 Å². The molecule has 1 saturated carbocycles. The first-order chi connectivity index (χ1) is 15.8. The minimum absolute atomic E-state index is 0.102. The summed E-state index contributed by atoms with van der Waals surface area (Å²) >= 11 is 0. The Morgan fingerprint density at radius 2 is 1.82 bits per heavy atom. The minimum atomic E-state index is -3.96. The number of para-hydroxylation sites is 1. The van der Waals surface area contributed by atoms with E-state index in [1.54, 1.807) is 24.3 Å². The molecule has 1 aliphatic carbocycles. The fourth-order valence-electron chi connectivity index (χ4n) is 5.62. The summed E-state index contributed by atoms with van der Waals surface area (Å²) in [6, 6.07) is 14.6. The highest BCUT2D eigenvalue weighted by Gasteiger charge is 2.62. The van der Waals surface area contributed by atoms with Crippen molar-refractivity contribution in [3.05, 3.63) is 65.9 Å². The molecule has 1 aliphatic heterocycles. The summed E-state index contributed by atoms with van der Waals surface area (Å²) in [7, 11) is -3.96. The number of H-pyrrole nitrogens is 1. The second kappa shape index (κ2) is 8.13. The monoisotopic (exact) mass is 464 g/mol. The Hall–Kier alpha value is -2.93. The highest BCUT2D eigenvalue weighted by Crippen LogP contribution is 2.48. The maximum Gasteiger partial charge on any atom is 0.251 e.